The second-order valence-electron chi connectivity index (χ2n) is 7.94. The van der Waals surface area contributed by atoms with Gasteiger partial charge in [0.2, 0.25) is 0 Å². The molecule has 0 aliphatic heterocycles. The lowest BCUT2D eigenvalue weighted by atomic mass is 10.0. The fraction of sp³-hybridized carbons (Fsp3) is 0.269. The van der Waals surface area contributed by atoms with Gasteiger partial charge in [-0.05, 0) is 54.7 Å². The minimum Gasteiger partial charge on any atom is -0.292 e. The number of thiophene rings is 1. The maximum absolute atomic E-state index is 13.6. The standard InChI is InChI=1S/C26H25FN2O2S/c1-4-6-23-28-25-24(20(15-32-25)18-9-7-17(5-2)8-10-18)26(31)29(23)14-22(30)19-11-12-21(27)16(3)13-19/h7-13,15H,4-6,14H2,1-3H3. The molecule has 0 fully saturated rings. The average molecular weight is 449 g/mol. The molecule has 0 atom stereocenters. The summed E-state index contributed by atoms with van der Waals surface area (Å²) in [5.74, 6) is 0.00942. The van der Waals surface area contributed by atoms with Crippen molar-refractivity contribution in [2.24, 2.45) is 0 Å². The Hall–Kier alpha value is -3.12. The van der Waals surface area contributed by atoms with Gasteiger partial charge in [-0.3, -0.25) is 14.2 Å². The van der Waals surface area contributed by atoms with Gasteiger partial charge in [-0.15, -0.1) is 11.3 Å². The molecule has 164 valence electrons. The zero-order valence-corrected chi connectivity index (χ0v) is 19.3. The summed E-state index contributed by atoms with van der Waals surface area (Å²) in [6.45, 7) is 5.62. The maximum Gasteiger partial charge on any atom is 0.263 e. The van der Waals surface area contributed by atoms with Crippen LogP contribution in [0.15, 0.2) is 52.6 Å². The molecule has 0 saturated carbocycles. The summed E-state index contributed by atoms with van der Waals surface area (Å²) in [5.41, 5.74) is 3.62. The molecule has 32 heavy (non-hydrogen) atoms. The first-order valence-electron chi connectivity index (χ1n) is 10.8. The van der Waals surface area contributed by atoms with E-state index in [-0.39, 0.29) is 23.7 Å². The molecule has 4 aromatic rings. The van der Waals surface area contributed by atoms with Crippen molar-refractivity contribution >= 4 is 27.3 Å². The lowest BCUT2D eigenvalue weighted by Gasteiger charge is -2.12. The lowest BCUT2D eigenvalue weighted by Crippen LogP contribution is -2.28. The summed E-state index contributed by atoms with van der Waals surface area (Å²) < 4.78 is 15.1. The van der Waals surface area contributed by atoms with Crippen LogP contribution in [0.3, 0.4) is 0 Å². The van der Waals surface area contributed by atoms with Crippen molar-refractivity contribution < 1.29 is 9.18 Å². The smallest absolute Gasteiger partial charge is 0.263 e. The first-order chi connectivity index (χ1) is 15.4. The number of hydrogen-bond donors (Lipinski definition) is 0. The predicted octanol–water partition coefficient (Wildman–Crippen LogP) is 5.97. The van der Waals surface area contributed by atoms with Crippen LogP contribution in [-0.2, 0) is 19.4 Å². The molecule has 0 aliphatic carbocycles. The molecular formula is C26H25FN2O2S. The molecule has 0 N–H and O–H groups in total. The number of aryl methyl sites for hydroxylation is 3. The van der Waals surface area contributed by atoms with Gasteiger partial charge in [-0.1, -0.05) is 38.1 Å². The Kier molecular flexibility index (Phi) is 6.33. The Bertz CT molecular complexity index is 1350. The SMILES string of the molecule is CCCc1nc2scc(-c3ccc(CC)cc3)c2c(=O)n1CC(=O)c1ccc(F)c(C)c1. The van der Waals surface area contributed by atoms with E-state index in [9.17, 15) is 14.0 Å². The third kappa shape index (κ3) is 4.15. The van der Waals surface area contributed by atoms with E-state index in [1.165, 1.54) is 39.7 Å². The highest BCUT2D eigenvalue weighted by Gasteiger charge is 2.19. The minimum absolute atomic E-state index is 0.119. The molecule has 0 bridgehead atoms. The molecule has 4 rings (SSSR count). The first-order valence-corrected chi connectivity index (χ1v) is 11.7. The number of Topliss-reactive ketones (excluding diaryl/α,β-unsaturated/α-hetero) is 1. The monoisotopic (exact) mass is 448 g/mol. The van der Waals surface area contributed by atoms with Gasteiger partial charge in [0.15, 0.2) is 5.78 Å². The van der Waals surface area contributed by atoms with E-state index in [2.05, 4.69) is 19.1 Å². The predicted molar refractivity (Wildman–Crippen MR) is 128 cm³/mol. The number of halogens is 1. The molecule has 0 unspecified atom stereocenters. The van der Waals surface area contributed by atoms with Crippen molar-refractivity contribution in [3.05, 3.63) is 86.5 Å². The van der Waals surface area contributed by atoms with E-state index in [0.29, 0.717) is 33.6 Å². The molecule has 0 amide bonds. The van der Waals surface area contributed by atoms with Crippen molar-refractivity contribution in [3.8, 4) is 11.1 Å². The zero-order chi connectivity index (χ0) is 22.8. The second kappa shape index (κ2) is 9.17. The molecule has 0 aliphatic rings. The summed E-state index contributed by atoms with van der Waals surface area (Å²) in [7, 11) is 0. The Morgan fingerprint density at radius 3 is 2.53 bits per heavy atom. The number of carbonyl (C=O) groups is 1. The number of nitrogens with zero attached hydrogens (tertiary/aromatic N) is 2. The summed E-state index contributed by atoms with van der Waals surface area (Å²) >= 11 is 1.45. The van der Waals surface area contributed by atoms with Crippen molar-refractivity contribution in [2.45, 2.75) is 46.6 Å². The van der Waals surface area contributed by atoms with Crippen LogP contribution in [0.25, 0.3) is 21.3 Å². The van der Waals surface area contributed by atoms with Gasteiger partial charge in [-0.2, -0.15) is 0 Å². The Labute approximate surface area is 190 Å². The lowest BCUT2D eigenvalue weighted by molar-refractivity contribution is 0.0969. The van der Waals surface area contributed by atoms with Crippen LogP contribution < -0.4 is 5.56 Å². The number of aromatic nitrogens is 2. The fourth-order valence-electron chi connectivity index (χ4n) is 3.83. The van der Waals surface area contributed by atoms with Crippen LogP contribution in [-0.4, -0.2) is 15.3 Å². The van der Waals surface area contributed by atoms with Gasteiger partial charge in [-0.25, -0.2) is 9.37 Å². The van der Waals surface area contributed by atoms with Crippen LogP contribution >= 0.6 is 11.3 Å². The van der Waals surface area contributed by atoms with Crippen molar-refractivity contribution in [1.82, 2.24) is 9.55 Å². The van der Waals surface area contributed by atoms with Gasteiger partial charge in [0.1, 0.15) is 16.5 Å². The molecule has 2 heterocycles. The van der Waals surface area contributed by atoms with E-state index < -0.39 is 0 Å². The number of benzene rings is 2. The highest BCUT2D eigenvalue weighted by atomic mass is 32.1. The Balaban J connectivity index is 1.82. The van der Waals surface area contributed by atoms with Crippen LogP contribution in [0.5, 0.6) is 0 Å². The first kappa shape index (κ1) is 22.1. The number of carbonyl (C=O) groups excluding carboxylic acids is 1. The van der Waals surface area contributed by atoms with Crippen molar-refractivity contribution in [2.75, 3.05) is 0 Å². The number of hydrogen-bond acceptors (Lipinski definition) is 4. The number of fused-ring (bicyclic) bond motifs is 1. The minimum atomic E-state index is -0.356. The van der Waals surface area contributed by atoms with E-state index >= 15 is 0 Å². The topological polar surface area (TPSA) is 52.0 Å². The molecule has 2 aromatic heterocycles. The average Bonchev–Trinajstić information content (AvgIpc) is 3.22. The highest BCUT2D eigenvalue weighted by molar-refractivity contribution is 7.17. The summed E-state index contributed by atoms with van der Waals surface area (Å²) in [4.78, 5) is 32.0. The second-order valence-corrected chi connectivity index (χ2v) is 8.79. The Morgan fingerprint density at radius 1 is 1.12 bits per heavy atom. The third-order valence-electron chi connectivity index (χ3n) is 5.70. The number of rotatable bonds is 7. The summed E-state index contributed by atoms with van der Waals surface area (Å²) in [6.07, 6.45) is 2.35. The van der Waals surface area contributed by atoms with Gasteiger partial charge >= 0.3 is 0 Å². The molecule has 0 saturated heterocycles. The van der Waals surface area contributed by atoms with Crippen LogP contribution in [0, 0.1) is 12.7 Å². The Morgan fingerprint density at radius 2 is 1.88 bits per heavy atom. The fourth-order valence-corrected chi connectivity index (χ4v) is 4.79. The third-order valence-corrected chi connectivity index (χ3v) is 6.57. The molecule has 4 nitrogen and oxygen atoms in total. The number of ketones is 1. The quantitative estimate of drug-likeness (QED) is 0.327. The molecular weight excluding hydrogens is 423 g/mol. The van der Waals surface area contributed by atoms with Gasteiger partial charge in [0.25, 0.3) is 5.56 Å². The maximum atomic E-state index is 13.6. The highest BCUT2D eigenvalue weighted by Crippen LogP contribution is 2.31. The van der Waals surface area contributed by atoms with Gasteiger partial charge in [0, 0.05) is 22.9 Å². The van der Waals surface area contributed by atoms with Crippen molar-refractivity contribution in [1.29, 1.82) is 0 Å². The van der Waals surface area contributed by atoms with E-state index in [0.717, 1.165) is 24.0 Å². The zero-order valence-electron chi connectivity index (χ0n) is 18.4. The molecule has 0 spiro atoms. The van der Waals surface area contributed by atoms with E-state index in [1.807, 2.05) is 24.4 Å². The summed E-state index contributed by atoms with van der Waals surface area (Å²) in [5, 5.41) is 2.51. The van der Waals surface area contributed by atoms with Crippen LogP contribution in [0.1, 0.15) is 47.6 Å². The largest absolute Gasteiger partial charge is 0.292 e. The van der Waals surface area contributed by atoms with Gasteiger partial charge in [0.05, 0.1) is 11.9 Å². The summed E-state index contributed by atoms with van der Waals surface area (Å²) in [6, 6.07) is 12.5. The molecule has 6 heteroatoms. The van der Waals surface area contributed by atoms with Gasteiger partial charge < -0.3 is 0 Å². The molecule has 0 radical (unpaired) electrons. The van der Waals surface area contributed by atoms with E-state index in [1.54, 1.807) is 6.92 Å². The normalized spacial score (nSPS) is 11.2. The molecule has 2 aromatic carbocycles. The van der Waals surface area contributed by atoms with Crippen molar-refractivity contribution in [3.63, 3.8) is 0 Å². The van der Waals surface area contributed by atoms with Crippen LogP contribution in [0.4, 0.5) is 4.39 Å². The van der Waals surface area contributed by atoms with Crippen LogP contribution in [0.2, 0.25) is 0 Å². The van der Waals surface area contributed by atoms with E-state index in [4.69, 9.17) is 4.98 Å².